The summed E-state index contributed by atoms with van der Waals surface area (Å²) in [7, 11) is 0. The van der Waals surface area contributed by atoms with Gasteiger partial charge >= 0.3 is 0 Å². The molecule has 0 amide bonds. The quantitative estimate of drug-likeness (QED) is 0.895. The molecule has 0 atom stereocenters. The second-order valence-corrected chi connectivity index (χ2v) is 4.47. The van der Waals surface area contributed by atoms with Crippen molar-refractivity contribution in [3.8, 4) is 0 Å². The van der Waals surface area contributed by atoms with Crippen LogP contribution in [0.1, 0.15) is 16.7 Å². The van der Waals surface area contributed by atoms with E-state index in [9.17, 15) is 0 Å². The maximum Gasteiger partial charge on any atom is 0.0450 e. The second-order valence-electron chi connectivity index (χ2n) is 4.07. The van der Waals surface area contributed by atoms with Crippen LogP contribution in [0, 0.1) is 6.92 Å². The van der Waals surface area contributed by atoms with Crippen LogP contribution in [0.3, 0.4) is 0 Å². The largest absolute Gasteiger partial charge is 0.309 e. The first-order valence-corrected chi connectivity index (χ1v) is 5.98. The monoisotopic (exact) mass is 246 g/mol. The fourth-order valence-corrected chi connectivity index (χ4v) is 1.90. The molecule has 88 valence electrons. The number of nitrogens with zero attached hydrogens (tertiary/aromatic N) is 1. The van der Waals surface area contributed by atoms with E-state index in [0.29, 0.717) is 0 Å². The summed E-state index contributed by atoms with van der Waals surface area (Å²) >= 11 is 6.08. The summed E-state index contributed by atoms with van der Waals surface area (Å²) in [6.07, 6.45) is 3.74. The minimum absolute atomic E-state index is 0.771. The van der Waals surface area contributed by atoms with E-state index in [1.807, 2.05) is 43.6 Å². The van der Waals surface area contributed by atoms with Gasteiger partial charge in [-0.3, -0.25) is 4.98 Å². The summed E-state index contributed by atoms with van der Waals surface area (Å²) in [5, 5.41) is 4.17. The molecule has 2 nitrogen and oxygen atoms in total. The third kappa shape index (κ3) is 3.55. The Balaban J connectivity index is 1.90. The van der Waals surface area contributed by atoms with Gasteiger partial charge in [0, 0.05) is 30.5 Å². The van der Waals surface area contributed by atoms with E-state index in [-0.39, 0.29) is 0 Å². The van der Waals surface area contributed by atoms with E-state index in [4.69, 9.17) is 11.6 Å². The Morgan fingerprint density at radius 1 is 1.18 bits per heavy atom. The molecule has 2 rings (SSSR count). The minimum Gasteiger partial charge on any atom is -0.309 e. The molecular weight excluding hydrogens is 232 g/mol. The summed E-state index contributed by atoms with van der Waals surface area (Å²) in [6.45, 7) is 3.62. The maximum absolute atomic E-state index is 6.08. The van der Waals surface area contributed by atoms with Crippen LogP contribution in [0.5, 0.6) is 0 Å². The number of hydrogen-bond donors (Lipinski definition) is 1. The molecule has 0 unspecified atom stereocenters. The first-order valence-electron chi connectivity index (χ1n) is 5.60. The van der Waals surface area contributed by atoms with E-state index in [2.05, 4.69) is 16.4 Å². The van der Waals surface area contributed by atoms with Crippen molar-refractivity contribution in [3.05, 3.63) is 64.4 Å². The lowest BCUT2D eigenvalue weighted by molar-refractivity contribution is 0.691. The van der Waals surface area contributed by atoms with E-state index < -0.39 is 0 Å². The Hall–Kier alpha value is -1.38. The number of aromatic nitrogens is 1. The fourth-order valence-electron chi connectivity index (χ4n) is 1.70. The zero-order chi connectivity index (χ0) is 12.1. The van der Waals surface area contributed by atoms with Crippen molar-refractivity contribution in [1.82, 2.24) is 10.3 Å². The van der Waals surface area contributed by atoms with E-state index in [1.165, 1.54) is 11.1 Å². The highest BCUT2D eigenvalue weighted by molar-refractivity contribution is 6.31. The van der Waals surface area contributed by atoms with Gasteiger partial charge in [-0.25, -0.2) is 0 Å². The van der Waals surface area contributed by atoms with E-state index >= 15 is 0 Å². The molecule has 17 heavy (non-hydrogen) atoms. The van der Waals surface area contributed by atoms with Crippen molar-refractivity contribution < 1.29 is 0 Å². The summed E-state index contributed by atoms with van der Waals surface area (Å²) in [5.41, 5.74) is 3.49. The molecule has 3 heteroatoms. The minimum atomic E-state index is 0.771. The van der Waals surface area contributed by atoms with E-state index in [0.717, 1.165) is 23.7 Å². The molecule has 0 fully saturated rings. The molecule has 0 aliphatic carbocycles. The highest BCUT2D eigenvalue weighted by Crippen LogP contribution is 2.14. The van der Waals surface area contributed by atoms with Crippen LogP contribution in [-0.2, 0) is 13.1 Å². The van der Waals surface area contributed by atoms with Gasteiger partial charge < -0.3 is 5.32 Å². The Morgan fingerprint density at radius 2 is 2.00 bits per heavy atom. The van der Waals surface area contributed by atoms with Crippen LogP contribution in [0.2, 0.25) is 5.02 Å². The number of rotatable bonds is 4. The summed E-state index contributed by atoms with van der Waals surface area (Å²) in [6, 6.07) is 10.0. The zero-order valence-electron chi connectivity index (χ0n) is 9.78. The molecule has 0 saturated carbocycles. The van der Waals surface area contributed by atoms with Crippen LogP contribution in [0.4, 0.5) is 0 Å². The molecule has 1 aromatic heterocycles. The predicted molar refractivity (Wildman–Crippen MR) is 71.0 cm³/mol. The predicted octanol–water partition coefficient (Wildman–Crippen LogP) is 3.33. The van der Waals surface area contributed by atoms with Crippen molar-refractivity contribution in [3.63, 3.8) is 0 Å². The van der Waals surface area contributed by atoms with Crippen molar-refractivity contribution in [2.75, 3.05) is 0 Å². The summed E-state index contributed by atoms with van der Waals surface area (Å²) in [5.74, 6) is 0. The molecule has 0 aliphatic rings. The van der Waals surface area contributed by atoms with Crippen molar-refractivity contribution >= 4 is 11.6 Å². The zero-order valence-corrected chi connectivity index (χ0v) is 10.5. The number of pyridine rings is 1. The number of benzene rings is 1. The summed E-state index contributed by atoms with van der Waals surface area (Å²) in [4.78, 5) is 4.16. The van der Waals surface area contributed by atoms with Gasteiger partial charge in [0.2, 0.25) is 0 Å². The van der Waals surface area contributed by atoms with E-state index in [1.54, 1.807) is 0 Å². The maximum atomic E-state index is 6.08. The molecule has 1 heterocycles. The van der Waals surface area contributed by atoms with Gasteiger partial charge in [0.15, 0.2) is 0 Å². The molecule has 0 radical (unpaired) electrons. The van der Waals surface area contributed by atoms with Gasteiger partial charge in [0.1, 0.15) is 0 Å². The van der Waals surface area contributed by atoms with Crippen LogP contribution >= 0.6 is 11.6 Å². The number of aryl methyl sites for hydroxylation is 1. The van der Waals surface area contributed by atoms with Crippen molar-refractivity contribution in [1.29, 1.82) is 0 Å². The molecule has 0 saturated heterocycles. The molecule has 1 N–H and O–H groups in total. The second kappa shape index (κ2) is 5.80. The van der Waals surface area contributed by atoms with Crippen LogP contribution in [0.15, 0.2) is 42.7 Å². The Bertz CT molecular complexity index is 497. The van der Waals surface area contributed by atoms with Gasteiger partial charge in [-0.2, -0.15) is 0 Å². The molecule has 0 bridgehead atoms. The molecule has 2 aromatic rings. The molecule has 1 aromatic carbocycles. The third-order valence-corrected chi connectivity index (χ3v) is 2.90. The van der Waals surface area contributed by atoms with Crippen molar-refractivity contribution in [2.45, 2.75) is 20.0 Å². The van der Waals surface area contributed by atoms with Crippen LogP contribution < -0.4 is 5.32 Å². The molecular formula is C14H15ClN2. The Kier molecular flexibility index (Phi) is 4.13. The highest BCUT2D eigenvalue weighted by atomic mass is 35.5. The number of halogens is 1. The lowest BCUT2D eigenvalue weighted by Crippen LogP contribution is -2.13. The van der Waals surface area contributed by atoms with Gasteiger partial charge in [-0.15, -0.1) is 0 Å². The highest BCUT2D eigenvalue weighted by Gasteiger charge is 1.98. The fraction of sp³-hybridized carbons (Fsp3) is 0.214. The average molecular weight is 247 g/mol. The van der Waals surface area contributed by atoms with Gasteiger partial charge in [0.25, 0.3) is 0 Å². The van der Waals surface area contributed by atoms with Gasteiger partial charge in [-0.1, -0.05) is 35.9 Å². The topological polar surface area (TPSA) is 24.9 Å². The third-order valence-electron chi connectivity index (χ3n) is 2.53. The first-order chi connectivity index (χ1) is 8.25. The normalized spacial score (nSPS) is 10.5. The molecule has 0 aliphatic heterocycles. The van der Waals surface area contributed by atoms with Crippen LogP contribution in [-0.4, -0.2) is 4.98 Å². The SMILES string of the molecule is Cc1cncc(CNCc2ccccc2Cl)c1. The molecule has 0 spiro atoms. The number of hydrogen-bond acceptors (Lipinski definition) is 2. The summed E-state index contributed by atoms with van der Waals surface area (Å²) < 4.78 is 0. The lowest BCUT2D eigenvalue weighted by Gasteiger charge is -2.06. The Morgan fingerprint density at radius 3 is 2.76 bits per heavy atom. The first kappa shape index (κ1) is 12.1. The Labute approximate surface area is 107 Å². The lowest BCUT2D eigenvalue weighted by atomic mass is 10.2. The van der Waals surface area contributed by atoms with Gasteiger partial charge in [-0.05, 0) is 29.7 Å². The number of nitrogens with one attached hydrogen (secondary N) is 1. The van der Waals surface area contributed by atoms with Crippen molar-refractivity contribution in [2.24, 2.45) is 0 Å². The van der Waals surface area contributed by atoms with Crippen LogP contribution in [0.25, 0.3) is 0 Å². The van der Waals surface area contributed by atoms with Gasteiger partial charge in [0.05, 0.1) is 0 Å². The standard InChI is InChI=1S/C14H15ClN2/c1-11-6-12(8-16-7-11)9-17-10-13-4-2-3-5-14(13)15/h2-8,17H,9-10H2,1H3. The smallest absolute Gasteiger partial charge is 0.0450 e. The average Bonchev–Trinajstić information content (AvgIpc) is 2.32.